The molecular formula is C11H13N3O4. The molecule has 1 aromatic rings. The van der Waals surface area contributed by atoms with E-state index in [0.29, 0.717) is 0 Å². The van der Waals surface area contributed by atoms with Crippen LogP contribution in [0.1, 0.15) is 42.7 Å². The molecule has 96 valence electrons. The minimum absolute atomic E-state index is 0.109. The number of nitrogens with one attached hydrogen (secondary N) is 1. The van der Waals surface area contributed by atoms with Crippen molar-refractivity contribution < 1.29 is 14.1 Å². The summed E-state index contributed by atoms with van der Waals surface area (Å²) in [6, 6.07) is 2.40. The molecule has 0 spiro atoms. The predicted molar refractivity (Wildman–Crippen MR) is 63.3 cm³/mol. The number of furan rings is 1. The Bertz CT molecular complexity index is 484. The third-order valence-electron chi connectivity index (χ3n) is 2.74. The number of rotatable bonds is 3. The van der Waals surface area contributed by atoms with Crippen molar-refractivity contribution in [3.8, 4) is 0 Å². The molecule has 1 aliphatic rings. The van der Waals surface area contributed by atoms with E-state index in [4.69, 9.17) is 4.42 Å². The first-order valence-corrected chi connectivity index (χ1v) is 5.77. The fraction of sp³-hybridized carbons (Fsp3) is 0.455. The van der Waals surface area contributed by atoms with Gasteiger partial charge in [-0.05, 0) is 31.7 Å². The van der Waals surface area contributed by atoms with Gasteiger partial charge in [-0.2, -0.15) is 5.10 Å². The zero-order valence-corrected chi connectivity index (χ0v) is 9.72. The molecule has 0 saturated heterocycles. The van der Waals surface area contributed by atoms with Gasteiger partial charge < -0.3 is 4.42 Å². The summed E-state index contributed by atoms with van der Waals surface area (Å²) in [5.74, 6) is -1.13. The van der Waals surface area contributed by atoms with E-state index in [-0.39, 0.29) is 5.76 Å². The topological polar surface area (TPSA) is 97.7 Å². The largest absolute Gasteiger partial charge is 0.433 e. The highest BCUT2D eigenvalue weighted by Crippen LogP contribution is 2.16. The molecule has 0 unspecified atom stereocenters. The Labute approximate surface area is 103 Å². The van der Waals surface area contributed by atoms with E-state index < -0.39 is 16.7 Å². The van der Waals surface area contributed by atoms with Crippen molar-refractivity contribution in [3.63, 3.8) is 0 Å². The number of carbonyl (C=O) groups is 1. The smallest absolute Gasteiger partial charge is 0.395 e. The Morgan fingerprint density at radius 3 is 2.67 bits per heavy atom. The molecule has 0 aromatic carbocycles. The second-order valence-corrected chi connectivity index (χ2v) is 4.07. The summed E-state index contributed by atoms with van der Waals surface area (Å²) in [7, 11) is 0. The molecule has 0 bridgehead atoms. The van der Waals surface area contributed by atoms with Crippen molar-refractivity contribution in [1.29, 1.82) is 0 Å². The summed E-state index contributed by atoms with van der Waals surface area (Å²) in [4.78, 5) is 21.3. The van der Waals surface area contributed by atoms with Gasteiger partial charge in [-0.1, -0.05) is 6.42 Å². The van der Waals surface area contributed by atoms with Gasteiger partial charge in [0, 0.05) is 5.71 Å². The number of amides is 1. The monoisotopic (exact) mass is 251 g/mol. The van der Waals surface area contributed by atoms with Gasteiger partial charge in [-0.15, -0.1) is 0 Å². The standard InChI is InChI=1S/C11H13N3O4/c15-11(9-6-7-10(18-9)14(16)17)13-12-8-4-2-1-3-5-8/h6-7H,1-5H2,(H,13,15). The fourth-order valence-electron chi connectivity index (χ4n) is 1.80. The summed E-state index contributed by atoms with van der Waals surface area (Å²) in [6.45, 7) is 0. The number of hydrogen-bond donors (Lipinski definition) is 1. The highest BCUT2D eigenvalue weighted by atomic mass is 16.6. The van der Waals surface area contributed by atoms with Gasteiger partial charge in [-0.3, -0.25) is 14.9 Å². The highest BCUT2D eigenvalue weighted by Gasteiger charge is 2.17. The summed E-state index contributed by atoms with van der Waals surface area (Å²) in [6.07, 6.45) is 5.14. The first kappa shape index (κ1) is 12.3. The molecule has 0 atom stereocenters. The van der Waals surface area contributed by atoms with Crippen LogP contribution < -0.4 is 5.43 Å². The van der Waals surface area contributed by atoms with Gasteiger partial charge in [0.05, 0.1) is 6.07 Å². The normalized spacial score (nSPS) is 15.2. The van der Waals surface area contributed by atoms with E-state index in [9.17, 15) is 14.9 Å². The van der Waals surface area contributed by atoms with E-state index in [1.54, 1.807) is 0 Å². The van der Waals surface area contributed by atoms with Crippen molar-refractivity contribution in [3.05, 3.63) is 28.0 Å². The zero-order valence-electron chi connectivity index (χ0n) is 9.72. The molecule has 1 N–H and O–H groups in total. The number of hydrogen-bond acceptors (Lipinski definition) is 5. The molecular weight excluding hydrogens is 238 g/mol. The molecule has 1 heterocycles. The molecule has 1 aromatic heterocycles. The lowest BCUT2D eigenvalue weighted by molar-refractivity contribution is -0.402. The minimum atomic E-state index is -0.691. The van der Waals surface area contributed by atoms with Crippen molar-refractivity contribution in [2.75, 3.05) is 0 Å². The van der Waals surface area contributed by atoms with Gasteiger partial charge in [0.2, 0.25) is 5.76 Å². The molecule has 1 aliphatic carbocycles. The molecule has 2 rings (SSSR count). The maximum atomic E-state index is 11.6. The number of carbonyl (C=O) groups excluding carboxylic acids is 1. The highest BCUT2D eigenvalue weighted by molar-refractivity contribution is 5.93. The van der Waals surface area contributed by atoms with Crippen molar-refractivity contribution in [2.45, 2.75) is 32.1 Å². The van der Waals surface area contributed by atoms with E-state index in [1.165, 1.54) is 12.5 Å². The maximum Gasteiger partial charge on any atom is 0.433 e. The first-order chi connectivity index (χ1) is 8.66. The lowest BCUT2D eigenvalue weighted by atomic mass is 9.99. The Balaban J connectivity index is 1.96. The van der Waals surface area contributed by atoms with Crippen LogP contribution in [-0.4, -0.2) is 16.5 Å². The van der Waals surface area contributed by atoms with Gasteiger partial charge in [0.25, 0.3) is 0 Å². The molecule has 1 amide bonds. The van der Waals surface area contributed by atoms with Crippen molar-refractivity contribution in [1.82, 2.24) is 5.43 Å². The summed E-state index contributed by atoms with van der Waals surface area (Å²) in [5.41, 5.74) is 3.31. The molecule has 7 heteroatoms. The van der Waals surface area contributed by atoms with Gasteiger partial charge in [0.15, 0.2) is 0 Å². The quantitative estimate of drug-likeness (QED) is 0.657. The summed E-state index contributed by atoms with van der Waals surface area (Å²) >= 11 is 0. The minimum Gasteiger partial charge on any atom is -0.395 e. The van der Waals surface area contributed by atoms with E-state index >= 15 is 0 Å². The molecule has 1 saturated carbocycles. The average Bonchev–Trinajstić information content (AvgIpc) is 2.87. The number of hydrazone groups is 1. The van der Waals surface area contributed by atoms with Crippen LogP contribution in [0, 0.1) is 10.1 Å². The maximum absolute atomic E-state index is 11.6. The van der Waals surface area contributed by atoms with Crippen LogP contribution in [0.25, 0.3) is 0 Å². The van der Waals surface area contributed by atoms with Crippen molar-refractivity contribution >= 4 is 17.5 Å². The second-order valence-electron chi connectivity index (χ2n) is 4.07. The third-order valence-corrected chi connectivity index (χ3v) is 2.74. The molecule has 0 aliphatic heterocycles. The molecule has 1 fully saturated rings. The van der Waals surface area contributed by atoms with Crippen LogP contribution in [0.2, 0.25) is 0 Å². The zero-order chi connectivity index (χ0) is 13.0. The number of nitro groups is 1. The van der Waals surface area contributed by atoms with Crippen LogP contribution in [0.4, 0.5) is 5.88 Å². The van der Waals surface area contributed by atoms with Crippen LogP contribution in [-0.2, 0) is 0 Å². The Morgan fingerprint density at radius 1 is 1.33 bits per heavy atom. The molecule has 18 heavy (non-hydrogen) atoms. The Morgan fingerprint density at radius 2 is 2.06 bits per heavy atom. The van der Waals surface area contributed by atoms with Crippen LogP contribution in [0.5, 0.6) is 0 Å². The van der Waals surface area contributed by atoms with Gasteiger partial charge in [-0.25, -0.2) is 5.43 Å². The van der Waals surface area contributed by atoms with Crippen LogP contribution in [0.3, 0.4) is 0 Å². The predicted octanol–water partition coefficient (Wildman–Crippen LogP) is 2.24. The summed E-state index contributed by atoms with van der Waals surface area (Å²) < 4.78 is 4.77. The molecule has 7 nitrogen and oxygen atoms in total. The first-order valence-electron chi connectivity index (χ1n) is 5.77. The average molecular weight is 251 g/mol. The van der Waals surface area contributed by atoms with E-state index in [0.717, 1.165) is 37.5 Å². The second kappa shape index (κ2) is 5.44. The lowest BCUT2D eigenvalue weighted by Crippen LogP contribution is -2.20. The SMILES string of the molecule is O=C(NN=C1CCCCC1)c1ccc([N+](=O)[O-])o1. The molecule has 0 radical (unpaired) electrons. The fourth-order valence-corrected chi connectivity index (χ4v) is 1.80. The van der Waals surface area contributed by atoms with Crippen molar-refractivity contribution in [2.24, 2.45) is 5.10 Å². The number of nitrogens with zero attached hydrogens (tertiary/aromatic N) is 2. The van der Waals surface area contributed by atoms with E-state index in [1.807, 2.05) is 0 Å². The van der Waals surface area contributed by atoms with E-state index in [2.05, 4.69) is 10.5 Å². The lowest BCUT2D eigenvalue weighted by Gasteiger charge is -2.11. The Kier molecular flexibility index (Phi) is 3.71. The Hall–Kier alpha value is -2.18. The third kappa shape index (κ3) is 2.93. The van der Waals surface area contributed by atoms with Gasteiger partial charge in [0.1, 0.15) is 4.92 Å². The van der Waals surface area contributed by atoms with Crippen LogP contribution >= 0.6 is 0 Å². The summed E-state index contributed by atoms with van der Waals surface area (Å²) in [5, 5.41) is 14.4. The van der Waals surface area contributed by atoms with Gasteiger partial charge >= 0.3 is 11.8 Å². The van der Waals surface area contributed by atoms with Crippen LogP contribution in [0.15, 0.2) is 21.7 Å².